The maximum atomic E-state index is 12.4. The first-order chi connectivity index (χ1) is 7.27. The lowest BCUT2D eigenvalue weighted by molar-refractivity contribution is -0.142. The minimum absolute atomic E-state index is 0.203. The van der Waals surface area contributed by atoms with E-state index in [1.807, 2.05) is 0 Å². The summed E-state index contributed by atoms with van der Waals surface area (Å²) in [5.74, 6) is -1.02. The van der Waals surface area contributed by atoms with Crippen LogP contribution in [0.2, 0.25) is 0 Å². The van der Waals surface area contributed by atoms with E-state index in [4.69, 9.17) is 10.5 Å². The third-order valence-corrected chi connectivity index (χ3v) is 2.33. The molecule has 0 aliphatic carbocycles. The second kappa shape index (κ2) is 4.32. The summed E-state index contributed by atoms with van der Waals surface area (Å²) in [5, 5.41) is 3.21. The van der Waals surface area contributed by atoms with Gasteiger partial charge in [0.25, 0.3) is 0 Å². The molecule has 1 aromatic rings. The van der Waals surface area contributed by atoms with Crippen LogP contribution in [0, 0.1) is 0 Å². The van der Waals surface area contributed by atoms with Gasteiger partial charge in [0.2, 0.25) is 11.8 Å². The van der Waals surface area contributed by atoms with E-state index in [0.29, 0.717) is 0 Å². The molecule has 0 unspecified atom stereocenters. The number of hydrogen-bond acceptors (Lipinski definition) is 3. The molecule has 1 rings (SSSR count). The van der Waals surface area contributed by atoms with Crippen LogP contribution in [-0.2, 0) is 17.5 Å². The fourth-order valence-electron chi connectivity index (χ4n) is 1.06. The van der Waals surface area contributed by atoms with Crippen molar-refractivity contribution in [3.05, 3.63) is 10.2 Å². The number of nitrogens with zero attached hydrogens (tertiary/aromatic N) is 2. The molecule has 0 aliphatic heterocycles. The normalized spacial score (nSPS) is 11.6. The number of carbonyl (C=O) groups is 1. The number of aromatic nitrogens is 2. The molecule has 0 aliphatic rings. The molecule has 0 fully saturated rings. The second-order valence-electron chi connectivity index (χ2n) is 2.79. The highest BCUT2D eigenvalue weighted by molar-refractivity contribution is 9.10. The van der Waals surface area contributed by atoms with Gasteiger partial charge >= 0.3 is 6.18 Å². The highest BCUT2D eigenvalue weighted by Crippen LogP contribution is 2.38. The van der Waals surface area contributed by atoms with Crippen LogP contribution < -0.4 is 10.5 Å². The summed E-state index contributed by atoms with van der Waals surface area (Å²) in [7, 11) is 1.17. The van der Waals surface area contributed by atoms with E-state index < -0.39 is 24.3 Å². The van der Waals surface area contributed by atoms with Crippen LogP contribution in [-0.4, -0.2) is 22.8 Å². The highest BCUT2D eigenvalue weighted by atomic mass is 79.9. The van der Waals surface area contributed by atoms with Crippen molar-refractivity contribution in [2.75, 3.05) is 7.11 Å². The lowest BCUT2D eigenvalue weighted by Crippen LogP contribution is -2.20. The number of amides is 1. The van der Waals surface area contributed by atoms with E-state index in [1.54, 1.807) is 0 Å². The van der Waals surface area contributed by atoms with Gasteiger partial charge in [0, 0.05) is 0 Å². The summed E-state index contributed by atoms with van der Waals surface area (Å²) in [4.78, 5) is 10.6. The topological polar surface area (TPSA) is 70.1 Å². The van der Waals surface area contributed by atoms with Crippen LogP contribution in [0.25, 0.3) is 0 Å². The molecule has 2 N–H and O–H groups in total. The Hall–Kier alpha value is -1.25. The monoisotopic (exact) mass is 301 g/mol. The Morgan fingerprint density at radius 3 is 2.56 bits per heavy atom. The zero-order valence-electron chi connectivity index (χ0n) is 8.01. The summed E-state index contributed by atoms with van der Waals surface area (Å²) in [6.07, 6.45) is -4.63. The quantitative estimate of drug-likeness (QED) is 0.911. The fraction of sp³-hybridized carbons (Fsp3) is 0.429. The summed E-state index contributed by atoms with van der Waals surface area (Å²) >= 11 is 2.71. The Morgan fingerprint density at radius 1 is 1.62 bits per heavy atom. The van der Waals surface area contributed by atoms with E-state index in [1.165, 1.54) is 7.11 Å². The van der Waals surface area contributed by atoms with Crippen LogP contribution in [0.5, 0.6) is 5.88 Å². The number of hydrogen-bond donors (Lipinski definition) is 1. The molecule has 0 saturated heterocycles. The maximum Gasteiger partial charge on any atom is 0.436 e. The number of halogens is 4. The van der Waals surface area contributed by atoms with Crippen LogP contribution in [0.15, 0.2) is 4.47 Å². The van der Waals surface area contributed by atoms with E-state index in [0.717, 1.165) is 4.68 Å². The van der Waals surface area contributed by atoms with Crippen molar-refractivity contribution in [3.8, 4) is 5.88 Å². The van der Waals surface area contributed by atoms with Gasteiger partial charge in [-0.25, -0.2) is 4.68 Å². The molecular weight excluding hydrogens is 295 g/mol. The summed E-state index contributed by atoms with van der Waals surface area (Å²) in [5.41, 5.74) is 3.70. The van der Waals surface area contributed by atoms with Crippen molar-refractivity contribution in [1.82, 2.24) is 9.78 Å². The van der Waals surface area contributed by atoms with Gasteiger partial charge < -0.3 is 10.5 Å². The number of nitrogens with two attached hydrogens (primary N) is 1. The average Bonchev–Trinajstić information content (AvgIpc) is 2.40. The van der Waals surface area contributed by atoms with Crippen molar-refractivity contribution >= 4 is 21.8 Å². The molecule has 0 aromatic carbocycles. The van der Waals surface area contributed by atoms with Gasteiger partial charge in [0.05, 0.1) is 7.11 Å². The maximum absolute atomic E-state index is 12.4. The van der Waals surface area contributed by atoms with Crippen molar-refractivity contribution in [3.63, 3.8) is 0 Å². The van der Waals surface area contributed by atoms with Crippen molar-refractivity contribution in [2.45, 2.75) is 12.7 Å². The molecule has 0 spiro atoms. The Balaban J connectivity index is 3.25. The zero-order valence-corrected chi connectivity index (χ0v) is 9.59. The standard InChI is InChI=1S/C7H7BrF3N3O2/c1-16-6-4(8)5(7(9,10)11)13-14(6)2-3(12)15/h2H2,1H3,(H2,12,15). The first kappa shape index (κ1) is 12.8. The number of methoxy groups -OCH3 is 1. The molecule has 1 heterocycles. The number of carbonyl (C=O) groups excluding carboxylic acids is 1. The van der Waals surface area contributed by atoms with Crippen LogP contribution in [0.4, 0.5) is 13.2 Å². The minimum atomic E-state index is -4.63. The highest BCUT2D eigenvalue weighted by Gasteiger charge is 2.39. The summed E-state index contributed by atoms with van der Waals surface area (Å²) in [6, 6.07) is 0. The van der Waals surface area contributed by atoms with E-state index >= 15 is 0 Å². The van der Waals surface area contributed by atoms with Gasteiger partial charge in [-0.1, -0.05) is 0 Å². The first-order valence-corrected chi connectivity index (χ1v) is 4.72. The molecule has 0 saturated carbocycles. The Kier molecular flexibility index (Phi) is 3.46. The molecule has 9 heteroatoms. The van der Waals surface area contributed by atoms with Crippen LogP contribution in [0.3, 0.4) is 0 Å². The van der Waals surface area contributed by atoms with Gasteiger partial charge in [-0.05, 0) is 15.9 Å². The number of alkyl halides is 3. The molecule has 0 radical (unpaired) electrons. The number of primary amides is 1. The van der Waals surface area contributed by atoms with Crippen LogP contribution in [0.1, 0.15) is 5.69 Å². The molecule has 90 valence electrons. The predicted octanol–water partition coefficient (Wildman–Crippen LogP) is 1.16. The zero-order chi connectivity index (χ0) is 12.5. The van der Waals surface area contributed by atoms with Gasteiger partial charge in [-0.15, -0.1) is 0 Å². The van der Waals surface area contributed by atoms with E-state index in [2.05, 4.69) is 21.0 Å². The largest absolute Gasteiger partial charge is 0.480 e. The van der Waals surface area contributed by atoms with E-state index in [9.17, 15) is 18.0 Å². The minimum Gasteiger partial charge on any atom is -0.480 e. The van der Waals surface area contributed by atoms with Gasteiger partial charge in [-0.3, -0.25) is 4.79 Å². The lowest BCUT2D eigenvalue weighted by Gasteiger charge is -2.02. The second-order valence-corrected chi connectivity index (χ2v) is 3.59. The number of rotatable bonds is 3. The Bertz CT molecular complexity index is 416. The lowest BCUT2D eigenvalue weighted by atomic mass is 10.4. The molecule has 5 nitrogen and oxygen atoms in total. The van der Waals surface area contributed by atoms with Gasteiger partial charge in [-0.2, -0.15) is 18.3 Å². The Labute approximate surface area is 96.5 Å². The van der Waals surface area contributed by atoms with Gasteiger partial charge in [0.1, 0.15) is 11.0 Å². The fourth-order valence-corrected chi connectivity index (χ4v) is 1.73. The van der Waals surface area contributed by atoms with Crippen molar-refractivity contribution in [1.29, 1.82) is 0 Å². The Morgan fingerprint density at radius 2 is 2.19 bits per heavy atom. The molecule has 1 amide bonds. The first-order valence-electron chi connectivity index (χ1n) is 3.93. The van der Waals surface area contributed by atoms with Crippen LogP contribution >= 0.6 is 15.9 Å². The average molecular weight is 302 g/mol. The summed E-state index contributed by atoms with van der Waals surface area (Å²) < 4.78 is 42.4. The van der Waals surface area contributed by atoms with Crippen molar-refractivity contribution < 1.29 is 22.7 Å². The molecule has 0 atom stereocenters. The van der Waals surface area contributed by atoms with Gasteiger partial charge in [0.15, 0.2) is 5.69 Å². The molecular formula is C7H7BrF3N3O2. The molecule has 16 heavy (non-hydrogen) atoms. The molecule has 1 aromatic heterocycles. The predicted molar refractivity (Wildman–Crippen MR) is 50.7 cm³/mol. The smallest absolute Gasteiger partial charge is 0.436 e. The SMILES string of the molecule is COc1c(Br)c(C(F)(F)F)nn1CC(N)=O. The number of ether oxygens (including phenoxy) is 1. The summed E-state index contributed by atoms with van der Waals surface area (Å²) in [6.45, 7) is -0.488. The third kappa shape index (κ3) is 2.46. The van der Waals surface area contributed by atoms with E-state index in [-0.39, 0.29) is 10.4 Å². The third-order valence-electron chi connectivity index (χ3n) is 1.62. The van der Waals surface area contributed by atoms with Crippen molar-refractivity contribution in [2.24, 2.45) is 5.73 Å². The molecule has 0 bridgehead atoms.